The molecule has 3 rings (SSSR count). The van der Waals surface area contributed by atoms with Gasteiger partial charge in [-0.3, -0.25) is 4.90 Å². The molecule has 0 aromatic carbocycles. The van der Waals surface area contributed by atoms with Gasteiger partial charge in [0.1, 0.15) is 16.2 Å². The van der Waals surface area contributed by atoms with E-state index in [4.69, 9.17) is 4.98 Å². The van der Waals surface area contributed by atoms with Crippen molar-refractivity contribution in [2.45, 2.75) is 38.6 Å². The van der Waals surface area contributed by atoms with Crippen LogP contribution in [0.1, 0.15) is 32.0 Å². The second kappa shape index (κ2) is 5.75. The van der Waals surface area contributed by atoms with Gasteiger partial charge < -0.3 is 4.90 Å². The molecule has 5 heteroatoms. The summed E-state index contributed by atoms with van der Waals surface area (Å²) < 4.78 is 0.912. The fraction of sp³-hybridized carbons (Fsp3) is 0.714. The summed E-state index contributed by atoms with van der Waals surface area (Å²) in [6, 6.07) is 2.79. The number of fused-ring (bicyclic) bond motifs is 1. The first-order chi connectivity index (χ1) is 9.26. The van der Waals surface area contributed by atoms with Crippen molar-refractivity contribution in [1.82, 2.24) is 14.9 Å². The fourth-order valence-electron chi connectivity index (χ4n) is 3.15. The zero-order valence-corrected chi connectivity index (χ0v) is 13.1. The van der Waals surface area contributed by atoms with Gasteiger partial charge in [-0.25, -0.2) is 9.97 Å². The summed E-state index contributed by atoms with van der Waals surface area (Å²) in [4.78, 5) is 14.2. The van der Waals surface area contributed by atoms with Gasteiger partial charge in [0.2, 0.25) is 0 Å². The molecule has 0 spiro atoms. The molecule has 0 bridgehead atoms. The van der Waals surface area contributed by atoms with Crippen molar-refractivity contribution in [1.29, 1.82) is 0 Å². The van der Waals surface area contributed by atoms with Gasteiger partial charge in [-0.05, 0) is 41.7 Å². The first-order valence-electron chi connectivity index (χ1n) is 7.28. The molecule has 1 unspecified atom stereocenters. The van der Waals surface area contributed by atoms with E-state index >= 15 is 0 Å². The quantitative estimate of drug-likeness (QED) is 0.799. The van der Waals surface area contributed by atoms with Crippen LogP contribution in [0.25, 0.3) is 0 Å². The van der Waals surface area contributed by atoms with Crippen LogP contribution >= 0.6 is 15.9 Å². The molecule has 2 aliphatic rings. The van der Waals surface area contributed by atoms with Crippen LogP contribution in [0, 0.1) is 0 Å². The highest BCUT2D eigenvalue weighted by atomic mass is 79.9. The summed E-state index contributed by atoms with van der Waals surface area (Å²) in [6.07, 6.45) is 4.74. The molecule has 0 N–H and O–H groups in total. The van der Waals surface area contributed by atoms with Crippen molar-refractivity contribution in [3.63, 3.8) is 0 Å². The first-order valence-corrected chi connectivity index (χ1v) is 8.08. The van der Waals surface area contributed by atoms with Crippen LogP contribution in [0.2, 0.25) is 0 Å². The largest absolute Gasteiger partial charge is 0.354 e. The Kier molecular flexibility index (Phi) is 4.03. The second-order valence-corrected chi connectivity index (χ2v) is 6.31. The van der Waals surface area contributed by atoms with E-state index in [2.05, 4.69) is 43.7 Å². The fourth-order valence-corrected chi connectivity index (χ4v) is 3.56. The summed E-state index contributed by atoms with van der Waals surface area (Å²) in [7, 11) is 0. The van der Waals surface area contributed by atoms with Crippen molar-refractivity contribution < 1.29 is 0 Å². The summed E-state index contributed by atoms with van der Waals surface area (Å²) in [5, 5.41) is 0. The predicted octanol–water partition coefficient (Wildman–Crippen LogP) is 2.48. The van der Waals surface area contributed by atoms with Crippen LogP contribution in [0.3, 0.4) is 0 Å². The van der Waals surface area contributed by atoms with Crippen LogP contribution in [0.5, 0.6) is 0 Å². The Morgan fingerprint density at radius 3 is 3.05 bits per heavy atom. The lowest BCUT2D eigenvalue weighted by atomic mass is 10.1. The number of aromatic nitrogens is 2. The van der Waals surface area contributed by atoms with Crippen LogP contribution < -0.4 is 4.90 Å². The minimum atomic E-state index is 0.733. The maximum absolute atomic E-state index is 4.73. The van der Waals surface area contributed by atoms with E-state index < -0.39 is 0 Å². The number of hydrogen-bond donors (Lipinski definition) is 0. The number of piperazine rings is 1. The third-order valence-corrected chi connectivity index (χ3v) is 4.52. The van der Waals surface area contributed by atoms with Gasteiger partial charge in [0.25, 0.3) is 0 Å². The van der Waals surface area contributed by atoms with E-state index in [0.717, 1.165) is 48.2 Å². The number of rotatable bonds is 3. The van der Waals surface area contributed by atoms with Crippen molar-refractivity contribution in [3.05, 3.63) is 16.5 Å². The molecule has 0 radical (unpaired) electrons. The molecule has 0 aliphatic carbocycles. The molecule has 3 heterocycles. The lowest BCUT2D eigenvalue weighted by Crippen LogP contribution is -2.50. The molecule has 2 aliphatic heterocycles. The average Bonchev–Trinajstić information content (AvgIpc) is 2.85. The zero-order valence-electron chi connectivity index (χ0n) is 11.5. The summed E-state index contributed by atoms with van der Waals surface area (Å²) in [6.45, 7) is 6.84. The molecule has 104 valence electrons. The molecule has 4 nitrogen and oxygen atoms in total. The monoisotopic (exact) mass is 324 g/mol. The van der Waals surface area contributed by atoms with Gasteiger partial charge in [0, 0.05) is 38.2 Å². The minimum Gasteiger partial charge on any atom is -0.354 e. The highest BCUT2D eigenvalue weighted by molar-refractivity contribution is 9.10. The third kappa shape index (κ3) is 2.92. The van der Waals surface area contributed by atoms with Crippen molar-refractivity contribution >= 4 is 21.7 Å². The standard InChI is InChI=1S/C14H21BrN4/c1-2-4-13-16-12(15)9-14(17-13)19-8-7-18-6-3-5-11(18)10-19/h9,11H,2-8,10H2,1H3. The predicted molar refractivity (Wildman–Crippen MR) is 80.5 cm³/mol. The molecule has 0 amide bonds. The number of hydrogen-bond acceptors (Lipinski definition) is 4. The molecule has 1 aromatic heterocycles. The maximum Gasteiger partial charge on any atom is 0.133 e. The van der Waals surface area contributed by atoms with E-state index in [1.807, 2.05) is 0 Å². The molecule has 2 saturated heterocycles. The number of nitrogens with zero attached hydrogens (tertiary/aromatic N) is 4. The van der Waals surface area contributed by atoms with Crippen molar-refractivity contribution in [2.24, 2.45) is 0 Å². The van der Waals surface area contributed by atoms with Crippen molar-refractivity contribution in [3.8, 4) is 0 Å². The summed E-state index contributed by atoms with van der Waals surface area (Å²) in [5.41, 5.74) is 0. The Balaban J connectivity index is 1.77. The average molecular weight is 325 g/mol. The van der Waals surface area contributed by atoms with E-state index in [0.29, 0.717) is 0 Å². The lowest BCUT2D eigenvalue weighted by molar-refractivity contribution is 0.230. The lowest BCUT2D eigenvalue weighted by Gasteiger charge is -2.38. The van der Waals surface area contributed by atoms with E-state index in [1.54, 1.807) is 0 Å². The van der Waals surface area contributed by atoms with Gasteiger partial charge in [0.05, 0.1) is 0 Å². The van der Waals surface area contributed by atoms with Gasteiger partial charge in [-0.15, -0.1) is 0 Å². The maximum atomic E-state index is 4.73. The van der Waals surface area contributed by atoms with E-state index in [-0.39, 0.29) is 0 Å². The zero-order chi connectivity index (χ0) is 13.2. The van der Waals surface area contributed by atoms with Gasteiger partial charge in [-0.2, -0.15) is 0 Å². The van der Waals surface area contributed by atoms with E-state index in [1.165, 1.54) is 25.9 Å². The van der Waals surface area contributed by atoms with Crippen LogP contribution in [0.15, 0.2) is 10.7 Å². The molecule has 0 saturated carbocycles. The topological polar surface area (TPSA) is 32.3 Å². The first kappa shape index (κ1) is 13.3. The number of halogens is 1. The van der Waals surface area contributed by atoms with Crippen LogP contribution in [-0.2, 0) is 6.42 Å². The Hall–Kier alpha value is -0.680. The Morgan fingerprint density at radius 2 is 2.21 bits per heavy atom. The van der Waals surface area contributed by atoms with Gasteiger partial charge >= 0.3 is 0 Å². The van der Waals surface area contributed by atoms with Crippen molar-refractivity contribution in [2.75, 3.05) is 31.1 Å². The highest BCUT2D eigenvalue weighted by Gasteiger charge is 2.31. The summed E-state index contributed by atoms with van der Waals surface area (Å²) in [5.74, 6) is 2.05. The Labute approximate surface area is 123 Å². The minimum absolute atomic E-state index is 0.733. The third-order valence-electron chi connectivity index (χ3n) is 4.11. The summed E-state index contributed by atoms with van der Waals surface area (Å²) >= 11 is 3.52. The number of anilines is 1. The van der Waals surface area contributed by atoms with Gasteiger partial charge in [-0.1, -0.05) is 6.92 Å². The van der Waals surface area contributed by atoms with E-state index in [9.17, 15) is 0 Å². The molecule has 2 fully saturated rings. The second-order valence-electron chi connectivity index (χ2n) is 5.49. The normalized spacial score (nSPS) is 23.7. The number of aryl methyl sites for hydroxylation is 1. The van der Waals surface area contributed by atoms with Crippen LogP contribution in [0.4, 0.5) is 5.82 Å². The molecule has 1 aromatic rings. The Bertz CT molecular complexity index is 451. The van der Waals surface area contributed by atoms with Crippen LogP contribution in [-0.4, -0.2) is 47.1 Å². The Morgan fingerprint density at radius 1 is 1.32 bits per heavy atom. The highest BCUT2D eigenvalue weighted by Crippen LogP contribution is 2.25. The smallest absolute Gasteiger partial charge is 0.133 e. The molecular weight excluding hydrogens is 304 g/mol. The molecular formula is C14H21BrN4. The SMILES string of the molecule is CCCc1nc(Br)cc(N2CCN3CCCC3C2)n1. The van der Waals surface area contributed by atoms with Gasteiger partial charge in [0.15, 0.2) is 0 Å². The molecule has 19 heavy (non-hydrogen) atoms. The molecule has 1 atom stereocenters.